The Balaban J connectivity index is 1.61. The first-order valence-electron chi connectivity index (χ1n) is 12.4. The van der Waals surface area contributed by atoms with Gasteiger partial charge in [-0.1, -0.05) is 6.92 Å². The second-order valence-corrected chi connectivity index (χ2v) is 10.0. The van der Waals surface area contributed by atoms with Crippen molar-refractivity contribution in [1.29, 1.82) is 0 Å². The molecule has 4 rings (SSSR count). The Hall–Kier alpha value is -3.30. The Bertz CT molecular complexity index is 1250. The highest BCUT2D eigenvalue weighted by Crippen LogP contribution is 2.38. The molecule has 37 heavy (non-hydrogen) atoms. The minimum absolute atomic E-state index is 0.00224. The lowest BCUT2D eigenvalue weighted by Gasteiger charge is -2.32. The molecule has 1 fully saturated rings. The van der Waals surface area contributed by atoms with E-state index in [9.17, 15) is 18.0 Å². The zero-order valence-electron chi connectivity index (χ0n) is 21.1. The Kier molecular flexibility index (Phi) is 8.24. The third kappa shape index (κ3) is 6.34. The van der Waals surface area contributed by atoms with E-state index in [0.29, 0.717) is 11.6 Å². The van der Waals surface area contributed by atoms with Gasteiger partial charge in [0.1, 0.15) is 28.8 Å². The molecule has 3 aromatic rings. The van der Waals surface area contributed by atoms with Crippen LogP contribution in [0.3, 0.4) is 0 Å². The fourth-order valence-corrected chi connectivity index (χ4v) is 4.90. The molecule has 2 aromatic heterocycles. The van der Waals surface area contributed by atoms with Gasteiger partial charge in [0.2, 0.25) is 0 Å². The third-order valence-corrected chi connectivity index (χ3v) is 6.52. The van der Waals surface area contributed by atoms with Crippen molar-refractivity contribution in [3.63, 3.8) is 0 Å². The summed E-state index contributed by atoms with van der Waals surface area (Å²) in [7, 11) is 0. The van der Waals surface area contributed by atoms with Crippen molar-refractivity contribution < 1.29 is 22.7 Å². The summed E-state index contributed by atoms with van der Waals surface area (Å²) in [6, 6.07) is 6.21. The second kappa shape index (κ2) is 11.4. The van der Waals surface area contributed by atoms with Crippen LogP contribution in [0.1, 0.15) is 67.6 Å². The number of halogens is 3. The predicted octanol–water partition coefficient (Wildman–Crippen LogP) is 5.97. The number of anilines is 1. The molecule has 9 heteroatoms. The van der Waals surface area contributed by atoms with Gasteiger partial charge in [0.05, 0.1) is 30.2 Å². The van der Waals surface area contributed by atoms with E-state index in [-0.39, 0.29) is 35.9 Å². The molecule has 3 N–H and O–H groups in total. The van der Waals surface area contributed by atoms with E-state index in [4.69, 9.17) is 10.5 Å². The molecule has 2 heterocycles. The molecule has 0 bridgehead atoms. The van der Waals surface area contributed by atoms with Crippen molar-refractivity contribution in [3.8, 4) is 11.3 Å². The minimum atomic E-state index is -0.997. The van der Waals surface area contributed by atoms with Gasteiger partial charge in [-0.05, 0) is 86.4 Å². The van der Waals surface area contributed by atoms with Crippen molar-refractivity contribution in [2.45, 2.75) is 64.7 Å². The third-order valence-electron chi connectivity index (χ3n) is 6.52. The molecule has 0 aliphatic heterocycles. The normalized spacial score (nSPS) is 19.7. The molecule has 196 valence electrons. The average Bonchev–Trinajstić information content (AvgIpc) is 2.83. The number of amides is 1. The molecule has 3 atom stereocenters. The van der Waals surface area contributed by atoms with Crippen molar-refractivity contribution in [3.05, 3.63) is 77.0 Å². The standard InChI is InChI=1S/C28H31F3N4O2/c1-15(2)37-14-17-10-22(30)26(23(31)11-17)27-21(29)4-5-24(34-27)28(36)35-25-13-33-7-6-20(25)18-8-16(3)9-19(32)12-18/h4-7,10-11,13,15-16,18-19H,8-9,12,14,32H2,1-3H3,(H,35,36)/t16-,18+,19+/m0/s1. The Morgan fingerprint density at radius 3 is 2.51 bits per heavy atom. The highest BCUT2D eigenvalue weighted by Gasteiger charge is 2.28. The zero-order chi connectivity index (χ0) is 26.7. The number of nitrogens with zero attached hydrogens (tertiary/aromatic N) is 2. The molecule has 6 nitrogen and oxygen atoms in total. The maximum atomic E-state index is 14.9. The van der Waals surface area contributed by atoms with Crippen LogP contribution in [0.4, 0.5) is 18.9 Å². The highest BCUT2D eigenvalue weighted by molar-refractivity contribution is 6.03. The van der Waals surface area contributed by atoms with Crippen molar-refractivity contribution in [1.82, 2.24) is 9.97 Å². The fourth-order valence-electron chi connectivity index (χ4n) is 4.90. The van der Waals surface area contributed by atoms with Gasteiger partial charge in [0, 0.05) is 12.2 Å². The number of rotatable bonds is 7. The van der Waals surface area contributed by atoms with Gasteiger partial charge < -0.3 is 15.8 Å². The number of nitrogens with one attached hydrogen (secondary N) is 1. The van der Waals surface area contributed by atoms with Crippen LogP contribution in [0.25, 0.3) is 11.3 Å². The van der Waals surface area contributed by atoms with Crippen LogP contribution < -0.4 is 11.1 Å². The number of aromatic nitrogens is 2. The molecular formula is C28H31F3N4O2. The number of nitrogens with two attached hydrogens (primary N) is 1. The van der Waals surface area contributed by atoms with Crippen LogP contribution in [0, 0.1) is 23.4 Å². The zero-order valence-corrected chi connectivity index (χ0v) is 21.1. The lowest BCUT2D eigenvalue weighted by atomic mass is 9.76. The lowest BCUT2D eigenvalue weighted by molar-refractivity contribution is 0.0654. The first-order valence-corrected chi connectivity index (χ1v) is 12.4. The predicted molar refractivity (Wildman–Crippen MR) is 135 cm³/mol. The Morgan fingerprint density at radius 1 is 1.11 bits per heavy atom. The second-order valence-electron chi connectivity index (χ2n) is 10.0. The molecule has 1 aromatic carbocycles. The summed E-state index contributed by atoms with van der Waals surface area (Å²) in [5, 5.41) is 2.79. The van der Waals surface area contributed by atoms with Crippen LogP contribution in [-0.4, -0.2) is 28.0 Å². The van der Waals surface area contributed by atoms with Crippen LogP contribution >= 0.6 is 0 Å². The molecular weight excluding hydrogens is 481 g/mol. The summed E-state index contributed by atoms with van der Waals surface area (Å²) in [6.07, 6.45) is 5.73. The van der Waals surface area contributed by atoms with Crippen molar-refractivity contribution >= 4 is 11.6 Å². The number of carbonyl (C=O) groups excluding carboxylic acids is 1. The molecule has 0 saturated heterocycles. The molecule has 1 aliphatic rings. The molecule has 0 spiro atoms. The monoisotopic (exact) mass is 512 g/mol. The van der Waals surface area contributed by atoms with Crippen LogP contribution in [0.5, 0.6) is 0 Å². The van der Waals surface area contributed by atoms with Crippen molar-refractivity contribution in [2.24, 2.45) is 11.7 Å². The lowest BCUT2D eigenvalue weighted by Crippen LogP contribution is -2.31. The first kappa shape index (κ1) is 26.8. The highest BCUT2D eigenvalue weighted by atomic mass is 19.1. The Labute approximate surface area is 214 Å². The van der Waals surface area contributed by atoms with Crippen LogP contribution in [-0.2, 0) is 11.3 Å². The largest absolute Gasteiger partial charge is 0.374 e. The van der Waals surface area contributed by atoms with E-state index < -0.39 is 34.6 Å². The summed E-state index contributed by atoms with van der Waals surface area (Å²) >= 11 is 0. The number of hydrogen-bond donors (Lipinski definition) is 2. The maximum absolute atomic E-state index is 14.9. The van der Waals surface area contributed by atoms with E-state index in [1.54, 1.807) is 26.2 Å². The van der Waals surface area contributed by atoms with Crippen LogP contribution in [0.2, 0.25) is 0 Å². The van der Waals surface area contributed by atoms with Gasteiger partial charge in [-0.2, -0.15) is 0 Å². The summed E-state index contributed by atoms with van der Waals surface area (Å²) in [4.78, 5) is 21.2. The summed E-state index contributed by atoms with van der Waals surface area (Å²) in [5.74, 6) is -3.00. The SMILES string of the molecule is CC(C)OCc1cc(F)c(-c2nc(C(=O)Nc3cnccc3[C@@H]3C[C@H](C)C[C@@H](N)C3)ccc2F)c(F)c1. The van der Waals surface area contributed by atoms with Gasteiger partial charge >= 0.3 is 0 Å². The molecule has 0 radical (unpaired) electrons. The number of benzene rings is 1. The van der Waals surface area contributed by atoms with Crippen LogP contribution in [0.15, 0.2) is 42.7 Å². The molecule has 1 amide bonds. The molecule has 1 aliphatic carbocycles. The van der Waals surface area contributed by atoms with E-state index in [1.165, 1.54) is 6.07 Å². The number of hydrogen-bond acceptors (Lipinski definition) is 5. The summed E-state index contributed by atoms with van der Waals surface area (Å²) in [5.41, 5.74) is 6.48. The molecule has 1 saturated carbocycles. The van der Waals surface area contributed by atoms with E-state index >= 15 is 0 Å². The van der Waals surface area contributed by atoms with Gasteiger partial charge in [-0.15, -0.1) is 0 Å². The summed E-state index contributed by atoms with van der Waals surface area (Å²) < 4.78 is 49.8. The van der Waals surface area contributed by atoms with Gasteiger partial charge in [-0.3, -0.25) is 9.78 Å². The first-order chi connectivity index (χ1) is 17.6. The number of ether oxygens (including phenoxy) is 1. The van der Waals surface area contributed by atoms with Crippen molar-refractivity contribution in [2.75, 3.05) is 5.32 Å². The van der Waals surface area contributed by atoms with Gasteiger partial charge in [0.25, 0.3) is 5.91 Å². The summed E-state index contributed by atoms with van der Waals surface area (Å²) in [6.45, 7) is 5.76. The van der Waals surface area contributed by atoms with Gasteiger partial charge in [-0.25, -0.2) is 18.2 Å². The minimum Gasteiger partial charge on any atom is -0.374 e. The smallest absolute Gasteiger partial charge is 0.274 e. The van der Waals surface area contributed by atoms with E-state index in [2.05, 4.69) is 22.2 Å². The van der Waals surface area contributed by atoms with E-state index in [0.717, 1.165) is 43.0 Å². The quantitative estimate of drug-likeness (QED) is 0.407. The Morgan fingerprint density at radius 2 is 1.84 bits per heavy atom. The van der Waals surface area contributed by atoms with E-state index in [1.807, 2.05) is 6.07 Å². The average molecular weight is 513 g/mol. The number of carbonyl (C=O) groups is 1. The maximum Gasteiger partial charge on any atom is 0.274 e. The number of pyridine rings is 2. The topological polar surface area (TPSA) is 90.1 Å². The van der Waals surface area contributed by atoms with Gasteiger partial charge in [0.15, 0.2) is 0 Å². The fraction of sp³-hybridized carbons (Fsp3) is 0.393. The molecule has 0 unspecified atom stereocenters.